The molecule has 1 aliphatic heterocycles. The van der Waals surface area contributed by atoms with Crippen molar-refractivity contribution in [1.82, 2.24) is 4.90 Å². The molecule has 1 aliphatic rings. The van der Waals surface area contributed by atoms with Crippen LogP contribution in [0.15, 0.2) is 41.1 Å². The maximum Gasteiger partial charge on any atom is 0.222 e. The van der Waals surface area contributed by atoms with Gasteiger partial charge in [0.05, 0.1) is 6.10 Å². The number of halogens is 1. The molecule has 1 fully saturated rings. The Bertz CT molecular complexity index is 657. The van der Waals surface area contributed by atoms with Gasteiger partial charge in [-0.15, -0.1) is 0 Å². The van der Waals surface area contributed by atoms with E-state index < -0.39 is 0 Å². The molecule has 2 aromatic rings. The van der Waals surface area contributed by atoms with Crippen molar-refractivity contribution in [3.63, 3.8) is 0 Å². The number of carbonyl (C=O) groups is 1. The fraction of sp³-hybridized carbons (Fsp3) is 0.421. The number of aryl methyl sites for hydroxylation is 1. The number of ether oxygens (including phenoxy) is 1. The molecule has 0 spiro atoms. The van der Waals surface area contributed by atoms with Crippen LogP contribution in [0.3, 0.4) is 0 Å². The van der Waals surface area contributed by atoms with E-state index in [1.54, 1.807) is 23.5 Å². The van der Waals surface area contributed by atoms with Crippen molar-refractivity contribution in [3.8, 4) is 0 Å². The van der Waals surface area contributed by atoms with Crippen molar-refractivity contribution in [2.24, 2.45) is 0 Å². The second-order valence-corrected chi connectivity index (χ2v) is 7.01. The molecule has 1 saturated heterocycles. The second kappa shape index (κ2) is 7.90. The normalized spacial score (nSPS) is 20.8. The fourth-order valence-electron chi connectivity index (χ4n) is 3.11. The molecule has 5 heteroatoms. The number of thiophene rings is 1. The number of hydrogen-bond donors (Lipinski definition) is 0. The Morgan fingerprint density at radius 1 is 1.33 bits per heavy atom. The second-order valence-electron chi connectivity index (χ2n) is 6.23. The lowest BCUT2D eigenvalue weighted by Gasteiger charge is -2.35. The van der Waals surface area contributed by atoms with Crippen LogP contribution in [0.2, 0.25) is 0 Å². The van der Waals surface area contributed by atoms with E-state index in [0.717, 1.165) is 24.8 Å². The summed E-state index contributed by atoms with van der Waals surface area (Å²) in [4.78, 5) is 14.3. The summed E-state index contributed by atoms with van der Waals surface area (Å²) < 4.78 is 18.9. The number of rotatable bonds is 5. The monoisotopic (exact) mass is 347 g/mol. The van der Waals surface area contributed by atoms with Crippen LogP contribution >= 0.6 is 11.3 Å². The Morgan fingerprint density at radius 3 is 2.83 bits per heavy atom. The van der Waals surface area contributed by atoms with Crippen molar-refractivity contribution in [1.29, 1.82) is 0 Å². The fourth-order valence-corrected chi connectivity index (χ4v) is 3.81. The predicted molar refractivity (Wildman–Crippen MR) is 93.5 cm³/mol. The molecule has 1 aromatic heterocycles. The van der Waals surface area contributed by atoms with Gasteiger partial charge in [0.25, 0.3) is 0 Å². The molecule has 24 heavy (non-hydrogen) atoms. The van der Waals surface area contributed by atoms with E-state index >= 15 is 0 Å². The SMILES string of the molecule is CN(C(=O)CCc1ccsc1)C1CCOC(c2ccc(F)cc2)C1. The highest BCUT2D eigenvalue weighted by Crippen LogP contribution is 2.30. The average molecular weight is 347 g/mol. The summed E-state index contributed by atoms with van der Waals surface area (Å²) in [5, 5.41) is 4.13. The smallest absolute Gasteiger partial charge is 0.222 e. The number of hydrogen-bond acceptors (Lipinski definition) is 3. The molecule has 3 nitrogen and oxygen atoms in total. The molecular weight excluding hydrogens is 325 g/mol. The summed E-state index contributed by atoms with van der Waals surface area (Å²) in [6.07, 6.45) is 2.85. The third kappa shape index (κ3) is 4.22. The molecule has 0 bridgehead atoms. The van der Waals surface area contributed by atoms with Crippen LogP contribution < -0.4 is 0 Å². The van der Waals surface area contributed by atoms with Gasteiger partial charge in [-0.3, -0.25) is 4.79 Å². The molecule has 128 valence electrons. The molecule has 3 rings (SSSR count). The minimum atomic E-state index is -0.244. The van der Waals surface area contributed by atoms with Gasteiger partial charge >= 0.3 is 0 Å². The molecule has 0 aliphatic carbocycles. The average Bonchev–Trinajstić information content (AvgIpc) is 3.13. The summed E-state index contributed by atoms with van der Waals surface area (Å²) in [5.74, 6) is -0.0715. The number of benzene rings is 1. The lowest BCUT2D eigenvalue weighted by atomic mass is 9.96. The standard InChI is InChI=1S/C19H22FNO2S/c1-21(19(22)7-2-14-9-11-24-13-14)17-8-10-23-18(12-17)15-3-5-16(20)6-4-15/h3-6,9,11,13,17-18H,2,7-8,10,12H2,1H3. The minimum absolute atomic E-state index is 0.0727. The molecular formula is C19H22FNO2S. The quantitative estimate of drug-likeness (QED) is 0.811. The van der Waals surface area contributed by atoms with Crippen LogP contribution in [0.5, 0.6) is 0 Å². The van der Waals surface area contributed by atoms with Gasteiger partial charge in [0.1, 0.15) is 5.82 Å². The highest BCUT2D eigenvalue weighted by atomic mass is 32.1. The number of carbonyl (C=O) groups excluding carboxylic acids is 1. The van der Waals surface area contributed by atoms with Crippen LogP contribution in [-0.4, -0.2) is 30.5 Å². The highest BCUT2D eigenvalue weighted by Gasteiger charge is 2.28. The number of nitrogens with zero attached hydrogens (tertiary/aromatic N) is 1. The van der Waals surface area contributed by atoms with Gasteiger partial charge in [-0.2, -0.15) is 11.3 Å². The maximum absolute atomic E-state index is 13.1. The lowest BCUT2D eigenvalue weighted by Crippen LogP contribution is -2.41. The first-order valence-corrected chi connectivity index (χ1v) is 9.21. The molecule has 2 unspecified atom stereocenters. The van der Waals surface area contributed by atoms with Crippen molar-refractivity contribution in [2.45, 2.75) is 37.8 Å². The topological polar surface area (TPSA) is 29.5 Å². The molecule has 1 amide bonds. The molecule has 1 aromatic carbocycles. The zero-order chi connectivity index (χ0) is 16.9. The molecule has 0 N–H and O–H groups in total. The first-order valence-electron chi connectivity index (χ1n) is 8.27. The maximum atomic E-state index is 13.1. The van der Waals surface area contributed by atoms with Crippen molar-refractivity contribution >= 4 is 17.2 Å². The zero-order valence-electron chi connectivity index (χ0n) is 13.8. The first kappa shape index (κ1) is 17.1. The third-order valence-electron chi connectivity index (χ3n) is 4.65. The Kier molecular flexibility index (Phi) is 5.63. The van der Waals surface area contributed by atoms with E-state index in [2.05, 4.69) is 11.4 Å². The highest BCUT2D eigenvalue weighted by molar-refractivity contribution is 7.07. The molecule has 0 saturated carbocycles. The van der Waals surface area contributed by atoms with E-state index in [9.17, 15) is 9.18 Å². The van der Waals surface area contributed by atoms with Gasteiger partial charge in [-0.05, 0) is 59.3 Å². The van der Waals surface area contributed by atoms with Gasteiger partial charge in [0.2, 0.25) is 5.91 Å². The summed E-state index contributed by atoms with van der Waals surface area (Å²) in [6.45, 7) is 0.620. The minimum Gasteiger partial charge on any atom is -0.373 e. The van der Waals surface area contributed by atoms with E-state index in [4.69, 9.17) is 4.74 Å². The van der Waals surface area contributed by atoms with Gasteiger partial charge < -0.3 is 9.64 Å². The van der Waals surface area contributed by atoms with E-state index in [0.29, 0.717) is 13.0 Å². The molecule has 2 atom stereocenters. The summed E-state index contributed by atoms with van der Waals surface area (Å²) in [7, 11) is 1.88. The van der Waals surface area contributed by atoms with Crippen LogP contribution in [0.4, 0.5) is 4.39 Å². The Morgan fingerprint density at radius 2 is 2.12 bits per heavy atom. The lowest BCUT2D eigenvalue weighted by molar-refractivity contribution is -0.135. The largest absolute Gasteiger partial charge is 0.373 e. The van der Waals surface area contributed by atoms with E-state index in [-0.39, 0.29) is 23.9 Å². The van der Waals surface area contributed by atoms with Gasteiger partial charge in [-0.25, -0.2) is 4.39 Å². The van der Waals surface area contributed by atoms with Crippen LogP contribution in [0, 0.1) is 5.82 Å². The van der Waals surface area contributed by atoms with Crippen LogP contribution in [0.25, 0.3) is 0 Å². The zero-order valence-corrected chi connectivity index (χ0v) is 14.6. The van der Waals surface area contributed by atoms with E-state index in [1.165, 1.54) is 17.7 Å². The third-order valence-corrected chi connectivity index (χ3v) is 5.38. The van der Waals surface area contributed by atoms with Crippen molar-refractivity contribution < 1.29 is 13.9 Å². The van der Waals surface area contributed by atoms with Crippen molar-refractivity contribution in [2.75, 3.05) is 13.7 Å². The summed E-state index contributed by atoms with van der Waals surface area (Å²) in [5.41, 5.74) is 2.19. The Labute approximate surface area is 146 Å². The Balaban J connectivity index is 1.56. The van der Waals surface area contributed by atoms with Gasteiger partial charge in [-0.1, -0.05) is 12.1 Å². The van der Waals surface area contributed by atoms with E-state index in [1.807, 2.05) is 17.3 Å². The van der Waals surface area contributed by atoms with Crippen LogP contribution in [0.1, 0.15) is 36.5 Å². The van der Waals surface area contributed by atoms with Crippen LogP contribution in [-0.2, 0) is 16.0 Å². The van der Waals surface area contributed by atoms with Crippen molar-refractivity contribution in [3.05, 3.63) is 58.0 Å². The molecule has 2 heterocycles. The Hall–Kier alpha value is -1.72. The predicted octanol–water partition coefficient (Wildman–Crippen LogP) is 4.20. The summed E-state index contributed by atoms with van der Waals surface area (Å²) in [6, 6.07) is 8.68. The van der Waals surface area contributed by atoms with Gasteiger partial charge in [0, 0.05) is 26.1 Å². The molecule has 0 radical (unpaired) electrons. The first-order chi connectivity index (χ1) is 11.6. The van der Waals surface area contributed by atoms with Gasteiger partial charge in [0.15, 0.2) is 0 Å². The number of amides is 1. The summed E-state index contributed by atoms with van der Waals surface area (Å²) >= 11 is 1.66.